The SMILES string of the molecule is COC1CCCN(CCCCC(C)(C#N)NC(C)C)C1. The highest BCUT2D eigenvalue weighted by molar-refractivity contribution is 5.04. The standard InChI is InChI=1S/C16H31N3O/c1-14(2)18-16(3,13-17)9-5-6-10-19-11-7-8-15(12-19)20-4/h14-15,18H,5-12H2,1-4H3. The molecule has 0 aromatic carbocycles. The van der Waals surface area contributed by atoms with Gasteiger partial charge in [-0.3, -0.25) is 5.32 Å². The smallest absolute Gasteiger partial charge is 0.104 e. The van der Waals surface area contributed by atoms with Crippen LogP contribution < -0.4 is 5.32 Å². The molecular formula is C16H31N3O. The molecule has 20 heavy (non-hydrogen) atoms. The first-order valence-corrected chi connectivity index (χ1v) is 7.93. The van der Waals surface area contributed by atoms with Crippen LogP contribution in [-0.2, 0) is 4.74 Å². The minimum Gasteiger partial charge on any atom is -0.380 e. The van der Waals surface area contributed by atoms with E-state index in [4.69, 9.17) is 4.74 Å². The summed E-state index contributed by atoms with van der Waals surface area (Å²) in [5, 5.41) is 12.7. The second-order valence-electron chi connectivity index (χ2n) is 6.50. The normalized spacial score (nSPS) is 23.5. The van der Waals surface area contributed by atoms with Gasteiger partial charge in [-0.15, -0.1) is 0 Å². The van der Waals surface area contributed by atoms with E-state index in [2.05, 4.69) is 30.1 Å². The maximum absolute atomic E-state index is 9.31. The summed E-state index contributed by atoms with van der Waals surface area (Å²) in [6.45, 7) is 9.58. The molecule has 0 aliphatic carbocycles. The number of ether oxygens (including phenoxy) is 1. The molecule has 1 aliphatic rings. The second kappa shape index (κ2) is 8.61. The van der Waals surface area contributed by atoms with Crippen molar-refractivity contribution >= 4 is 0 Å². The molecule has 1 fully saturated rings. The number of hydrogen-bond donors (Lipinski definition) is 1. The lowest BCUT2D eigenvalue weighted by Crippen LogP contribution is -2.45. The van der Waals surface area contributed by atoms with E-state index in [0.717, 1.165) is 32.4 Å². The van der Waals surface area contributed by atoms with Gasteiger partial charge in [-0.25, -0.2) is 0 Å². The fourth-order valence-electron chi connectivity index (χ4n) is 3.02. The Labute approximate surface area is 124 Å². The largest absolute Gasteiger partial charge is 0.380 e. The minimum absolute atomic E-state index is 0.351. The first kappa shape index (κ1) is 17.4. The van der Waals surface area contributed by atoms with Crippen LogP contribution in [0.3, 0.4) is 0 Å². The third-order valence-electron chi connectivity index (χ3n) is 4.05. The summed E-state index contributed by atoms with van der Waals surface area (Å²) in [6, 6.07) is 2.77. The van der Waals surface area contributed by atoms with Crippen molar-refractivity contribution in [3.63, 3.8) is 0 Å². The monoisotopic (exact) mass is 281 g/mol. The molecule has 2 unspecified atom stereocenters. The molecule has 0 radical (unpaired) electrons. The highest BCUT2D eigenvalue weighted by Crippen LogP contribution is 2.16. The van der Waals surface area contributed by atoms with E-state index in [9.17, 15) is 5.26 Å². The van der Waals surface area contributed by atoms with Crippen LogP contribution in [0, 0.1) is 11.3 Å². The van der Waals surface area contributed by atoms with E-state index in [1.807, 2.05) is 14.0 Å². The van der Waals surface area contributed by atoms with Crippen LogP contribution in [0.2, 0.25) is 0 Å². The van der Waals surface area contributed by atoms with Gasteiger partial charge in [-0.2, -0.15) is 5.26 Å². The fourth-order valence-corrected chi connectivity index (χ4v) is 3.02. The molecule has 0 spiro atoms. The lowest BCUT2D eigenvalue weighted by atomic mass is 9.95. The van der Waals surface area contributed by atoms with Crippen molar-refractivity contribution in [2.45, 2.75) is 70.6 Å². The molecule has 4 heteroatoms. The van der Waals surface area contributed by atoms with E-state index in [1.54, 1.807) is 0 Å². The lowest BCUT2D eigenvalue weighted by molar-refractivity contribution is 0.0307. The Morgan fingerprint density at radius 3 is 2.80 bits per heavy atom. The molecule has 0 bridgehead atoms. The van der Waals surface area contributed by atoms with Crippen LogP contribution >= 0.6 is 0 Å². The molecule has 1 aliphatic heterocycles. The number of hydrogen-bond acceptors (Lipinski definition) is 4. The van der Waals surface area contributed by atoms with Gasteiger partial charge in [0, 0.05) is 19.7 Å². The predicted molar refractivity (Wildman–Crippen MR) is 82.6 cm³/mol. The lowest BCUT2D eigenvalue weighted by Gasteiger charge is -2.32. The van der Waals surface area contributed by atoms with E-state index in [1.165, 1.54) is 19.4 Å². The maximum Gasteiger partial charge on any atom is 0.104 e. The zero-order valence-electron chi connectivity index (χ0n) is 13.6. The summed E-state index contributed by atoms with van der Waals surface area (Å²) < 4.78 is 5.45. The predicted octanol–water partition coefficient (Wildman–Crippen LogP) is 2.55. The molecule has 0 aromatic heterocycles. The van der Waals surface area contributed by atoms with Gasteiger partial charge < -0.3 is 9.64 Å². The van der Waals surface area contributed by atoms with Crippen molar-refractivity contribution in [1.29, 1.82) is 5.26 Å². The average Bonchev–Trinajstić information content (AvgIpc) is 2.43. The highest BCUT2D eigenvalue weighted by Gasteiger charge is 2.24. The first-order chi connectivity index (χ1) is 9.49. The van der Waals surface area contributed by atoms with E-state index in [0.29, 0.717) is 12.1 Å². The maximum atomic E-state index is 9.31. The number of rotatable bonds is 8. The molecule has 1 saturated heterocycles. The Kier molecular flexibility index (Phi) is 7.50. The van der Waals surface area contributed by atoms with Gasteiger partial charge >= 0.3 is 0 Å². The number of unbranched alkanes of at least 4 members (excludes halogenated alkanes) is 1. The summed E-state index contributed by atoms with van der Waals surface area (Å²) >= 11 is 0. The quantitative estimate of drug-likeness (QED) is 0.695. The topological polar surface area (TPSA) is 48.3 Å². The van der Waals surface area contributed by atoms with Gasteiger partial charge in [0.2, 0.25) is 0 Å². The van der Waals surface area contributed by atoms with Gasteiger partial charge in [0.05, 0.1) is 12.2 Å². The van der Waals surface area contributed by atoms with E-state index in [-0.39, 0.29) is 5.54 Å². The Morgan fingerprint density at radius 1 is 1.45 bits per heavy atom. The van der Waals surface area contributed by atoms with Crippen molar-refractivity contribution in [3.05, 3.63) is 0 Å². The van der Waals surface area contributed by atoms with E-state index < -0.39 is 0 Å². The Hall–Kier alpha value is -0.630. The molecule has 2 atom stereocenters. The molecule has 0 saturated carbocycles. The number of nitrogens with one attached hydrogen (secondary N) is 1. The van der Waals surface area contributed by atoms with E-state index >= 15 is 0 Å². The number of likely N-dealkylation sites (tertiary alicyclic amines) is 1. The first-order valence-electron chi connectivity index (χ1n) is 7.93. The van der Waals surface area contributed by atoms with Crippen LogP contribution in [0.5, 0.6) is 0 Å². The molecular weight excluding hydrogens is 250 g/mol. The minimum atomic E-state index is -0.384. The molecule has 0 amide bonds. The molecule has 1 rings (SSSR count). The second-order valence-corrected chi connectivity index (χ2v) is 6.50. The molecule has 4 nitrogen and oxygen atoms in total. The Morgan fingerprint density at radius 2 is 2.20 bits per heavy atom. The third kappa shape index (κ3) is 6.21. The van der Waals surface area contributed by atoms with Gasteiger partial charge in [-0.1, -0.05) is 0 Å². The van der Waals surface area contributed by atoms with Gasteiger partial charge in [-0.05, 0) is 66.0 Å². The zero-order chi connectivity index (χ0) is 15.0. The molecule has 1 N–H and O–H groups in total. The number of piperidine rings is 1. The van der Waals surface area contributed by atoms with Crippen LogP contribution in [0.25, 0.3) is 0 Å². The third-order valence-corrected chi connectivity index (χ3v) is 4.05. The number of nitriles is 1. The van der Waals surface area contributed by atoms with Crippen molar-refractivity contribution < 1.29 is 4.74 Å². The van der Waals surface area contributed by atoms with Crippen LogP contribution in [0.15, 0.2) is 0 Å². The fraction of sp³-hybridized carbons (Fsp3) is 0.938. The van der Waals surface area contributed by atoms with Crippen molar-refractivity contribution in [1.82, 2.24) is 10.2 Å². The Bertz CT molecular complexity index is 313. The van der Waals surface area contributed by atoms with Crippen LogP contribution in [0.4, 0.5) is 0 Å². The summed E-state index contributed by atoms with van der Waals surface area (Å²) in [5.41, 5.74) is -0.384. The van der Waals surface area contributed by atoms with Crippen molar-refractivity contribution in [2.75, 3.05) is 26.7 Å². The molecule has 116 valence electrons. The van der Waals surface area contributed by atoms with Gasteiger partial charge in [0.1, 0.15) is 5.54 Å². The Balaban J connectivity index is 2.22. The molecule has 1 heterocycles. The van der Waals surface area contributed by atoms with Gasteiger partial charge in [0.25, 0.3) is 0 Å². The summed E-state index contributed by atoms with van der Waals surface area (Å²) in [7, 11) is 1.81. The average molecular weight is 281 g/mol. The summed E-state index contributed by atoms with van der Waals surface area (Å²) in [4.78, 5) is 2.50. The van der Waals surface area contributed by atoms with Crippen molar-refractivity contribution in [3.8, 4) is 6.07 Å². The van der Waals surface area contributed by atoms with Crippen LogP contribution in [-0.4, -0.2) is 49.3 Å². The van der Waals surface area contributed by atoms with Crippen molar-refractivity contribution in [2.24, 2.45) is 0 Å². The summed E-state index contributed by atoms with van der Waals surface area (Å²) in [5.74, 6) is 0. The highest BCUT2D eigenvalue weighted by atomic mass is 16.5. The van der Waals surface area contributed by atoms with Crippen LogP contribution in [0.1, 0.15) is 52.9 Å². The zero-order valence-corrected chi connectivity index (χ0v) is 13.6. The number of nitrogens with zero attached hydrogens (tertiary/aromatic N) is 2. The number of methoxy groups -OCH3 is 1. The molecule has 0 aromatic rings. The van der Waals surface area contributed by atoms with Gasteiger partial charge in [0.15, 0.2) is 0 Å². The summed E-state index contributed by atoms with van der Waals surface area (Å²) in [6.07, 6.45) is 6.02.